The second kappa shape index (κ2) is 6.67. The van der Waals surface area contributed by atoms with Crippen molar-refractivity contribution >= 4 is 0 Å². The van der Waals surface area contributed by atoms with Crippen LogP contribution in [0.1, 0.15) is 45.8 Å². The molecule has 1 N–H and O–H groups in total. The largest absolute Gasteiger partial charge is 0.468 e. The van der Waals surface area contributed by atoms with Crippen LogP contribution >= 0.6 is 0 Å². The zero-order chi connectivity index (χ0) is 11.1. The molecule has 0 radical (unpaired) electrons. The first-order chi connectivity index (χ1) is 7.26. The van der Waals surface area contributed by atoms with Crippen LogP contribution in [0.2, 0.25) is 0 Å². The molecule has 0 unspecified atom stereocenters. The topological polar surface area (TPSA) is 25.2 Å². The van der Waals surface area contributed by atoms with Crippen LogP contribution in [0.3, 0.4) is 0 Å². The molecular formula is C13H23NO. The Hall–Kier alpha value is -0.760. The quantitative estimate of drug-likeness (QED) is 0.742. The summed E-state index contributed by atoms with van der Waals surface area (Å²) in [7, 11) is 0. The molecular weight excluding hydrogens is 186 g/mol. The van der Waals surface area contributed by atoms with Crippen molar-refractivity contribution in [1.29, 1.82) is 0 Å². The van der Waals surface area contributed by atoms with Crippen LogP contribution in [0.4, 0.5) is 0 Å². The molecule has 0 saturated carbocycles. The molecule has 86 valence electrons. The molecule has 0 aromatic carbocycles. The average molecular weight is 209 g/mol. The van der Waals surface area contributed by atoms with Crippen molar-refractivity contribution in [3.63, 3.8) is 0 Å². The van der Waals surface area contributed by atoms with E-state index in [9.17, 15) is 0 Å². The average Bonchev–Trinajstić information content (AvgIpc) is 2.76. The minimum absolute atomic E-state index is 0.616. The van der Waals surface area contributed by atoms with Gasteiger partial charge in [-0.1, -0.05) is 27.2 Å². The molecule has 2 atom stereocenters. The molecule has 0 aliphatic heterocycles. The van der Waals surface area contributed by atoms with Crippen molar-refractivity contribution in [3.05, 3.63) is 24.2 Å². The summed E-state index contributed by atoms with van der Waals surface area (Å²) in [4.78, 5) is 0. The third-order valence-corrected chi connectivity index (χ3v) is 3.02. The van der Waals surface area contributed by atoms with Gasteiger partial charge in [0.15, 0.2) is 0 Å². The summed E-state index contributed by atoms with van der Waals surface area (Å²) in [5.41, 5.74) is 0. The van der Waals surface area contributed by atoms with Gasteiger partial charge in [0.1, 0.15) is 5.76 Å². The maximum absolute atomic E-state index is 5.30. The van der Waals surface area contributed by atoms with Gasteiger partial charge in [0.25, 0.3) is 0 Å². The molecule has 0 amide bonds. The van der Waals surface area contributed by atoms with E-state index in [2.05, 4.69) is 26.1 Å². The van der Waals surface area contributed by atoms with E-state index >= 15 is 0 Å². The lowest BCUT2D eigenvalue weighted by molar-refractivity contribution is 0.367. The molecule has 1 rings (SSSR count). The zero-order valence-corrected chi connectivity index (χ0v) is 10.1. The zero-order valence-electron chi connectivity index (χ0n) is 10.1. The van der Waals surface area contributed by atoms with Gasteiger partial charge in [-0.2, -0.15) is 0 Å². The van der Waals surface area contributed by atoms with E-state index in [1.807, 2.05) is 12.1 Å². The van der Waals surface area contributed by atoms with Crippen LogP contribution in [0.25, 0.3) is 0 Å². The minimum Gasteiger partial charge on any atom is -0.468 e. The van der Waals surface area contributed by atoms with Gasteiger partial charge in [-0.25, -0.2) is 0 Å². The Labute approximate surface area is 93.1 Å². The molecule has 0 bridgehead atoms. The second-order valence-electron chi connectivity index (χ2n) is 4.31. The van der Waals surface area contributed by atoms with Crippen molar-refractivity contribution in [2.45, 2.75) is 52.6 Å². The van der Waals surface area contributed by atoms with Gasteiger partial charge in [0, 0.05) is 6.04 Å². The second-order valence-corrected chi connectivity index (χ2v) is 4.31. The Morgan fingerprint density at radius 2 is 2.13 bits per heavy atom. The summed E-state index contributed by atoms with van der Waals surface area (Å²) in [5, 5.41) is 3.54. The van der Waals surface area contributed by atoms with E-state index in [1.165, 1.54) is 19.3 Å². The fourth-order valence-electron chi connectivity index (χ4n) is 1.70. The summed E-state index contributed by atoms with van der Waals surface area (Å²) < 4.78 is 5.30. The Balaban J connectivity index is 2.27. The summed E-state index contributed by atoms with van der Waals surface area (Å²) in [6, 6.07) is 4.57. The Bertz CT molecular complexity index is 243. The molecule has 1 aromatic heterocycles. The van der Waals surface area contributed by atoms with Crippen LogP contribution in [0, 0.1) is 5.92 Å². The minimum atomic E-state index is 0.616. The fourth-order valence-corrected chi connectivity index (χ4v) is 1.70. The lowest BCUT2D eigenvalue weighted by atomic mass is 9.98. The smallest absolute Gasteiger partial charge is 0.117 e. The third kappa shape index (κ3) is 4.52. The van der Waals surface area contributed by atoms with Crippen molar-refractivity contribution < 1.29 is 4.42 Å². The summed E-state index contributed by atoms with van der Waals surface area (Å²) in [6.45, 7) is 7.66. The molecule has 2 heteroatoms. The van der Waals surface area contributed by atoms with E-state index in [4.69, 9.17) is 4.42 Å². The number of rotatable bonds is 7. The van der Waals surface area contributed by atoms with Gasteiger partial charge in [-0.3, -0.25) is 0 Å². The number of furan rings is 1. The maximum Gasteiger partial charge on any atom is 0.117 e. The van der Waals surface area contributed by atoms with Gasteiger partial charge in [0.2, 0.25) is 0 Å². The van der Waals surface area contributed by atoms with Crippen molar-refractivity contribution in [2.24, 2.45) is 5.92 Å². The molecule has 1 aromatic rings. The van der Waals surface area contributed by atoms with E-state index in [0.717, 1.165) is 18.2 Å². The van der Waals surface area contributed by atoms with Crippen LogP contribution in [-0.2, 0) is 6.54 Å². The van der Waals surface area contributed by atoms with Crippen molar-refractivity contribution in [2.75, 3.05) is 0 Å². The highest BCUT2D eigenvalue weighted by molar-refractivity contribution is 4.97. The van der Waals surface area contributed by atoms with E-state index in [-0.39, 0.29) is 0 Å². The number of nitrogens with one attached hydrogen (secondary N) is 1. The Kier molecular flexibility index (Phi) is 5.48. The molecule has 0 spiro atoms. The molecule has 1 heterocycles. The van der Waals surface area contributed by atoms with Crippen LogP contribution in [-0.4, -0.2) is 6.04 Å². The summed E-state index contributed by atoms with van der Waals surface area (Å²) >= 11 is 0. The molecule has 15 heavy (non-hydrogen) atoms. The maximum atomic E-state index is 5.30. The Morgan fingerprint density at radius 3 is 2.67 bits per heavy atom. The number of hydrogen-bond acceptors (Lipinski definition) is 2. The predicted octanol–water partition coefficient (Wildman–Crippen LogP) is 3.58. The monoisotopic (exact) mass is 209 g/mol. The van der Waals surface area contributed by atoms with E-state index in [1.54, 1.807) is 6.26 Å². The highest BCUT2D eigenvalue weighted by Crippen LogP contribution is 2.12. The van der Waals surface area contributed by atoms with E-state index < -0.39 is 0 Å². The van der Waals surface area contributed by atoms with Crippen LogP contribution < -0.4 is 5.32 Å². The van der Waals surface area contributed by atoms with Gasteiger partial charge in [-0.15, -0.1) is 0 Å². The predicted molar refractivity (Wildman–Crippen MR) is 63.7 cm³/mol. The lowest BCUT2D eigenvalue weighted by Crippen LogP contribution is -2.29. The van der Waals surface area contributed by atoms with Crippen molar-refractivity contribution in [1.82, 2.24) is 5.32 Å². The molecule has 0 fully saturated rings. The Morgan fingerprint density at radius 1 is 1.33 bits per heavy atom. The fraction of sp³-hybridized carbons (Fsp3) is 0.692. The molecule has 0 aliphatic rings. The van der Waals surface area contributed by atoms with Gasteiger partial charge >= 0.3 is 0 Å². The first-order valence-electron chi connectivity index (χ1n) is 6.02. The highest BCUT2D eigenvalue weighted by atomic mass is 16.3. The third-order valence-electron chi connectivity index (χ3n) is 3.02. The van der Waals surface area contributed by atoms with Crippen LogP contribution in [0.15, 0.2) is 22.8 Å². The van der Waals surface area contributed by atoms with E-state index in [0.29, 0.717) is 6.04 Å². The van der Waals surface area contributed by atoms with Gasteiger partial charge < -0.3 is 9.73 Å². The summed E-state index contributed by atoms with van der Waals surface area (Å²) in [6.07, 6.45) is 5.43. The van der Waals surface area contributed by atoms with Gasteiger partial charge in [0.05, 0.1) is 12.8 Å². The molecule has 0 aliphatic carbocycles. The standard InChI is InChI=1S/C13H23NO/c1-4-11(3)9-12(5-2)14-10-13-7-6-8-15-13/h6-8,11-12,14H,4-5,9-10H2,1-3H3/t11-,12+/m0/s1. The van der Waals surface area contributed by atoms with Gasteiger partial charge in [-0.05, 0) is 30.9 Å². The first-order valence-corrected chi connectivity index (χ1v) is 6.02. The number of hydrogen-bond donors (Lipinski definition) is 1. The first kappa shape index (κ1) is 12.3. The summed E-state index contributed by atoms with van der Waals surface area (Å²) in [5.74, 6) is 1.83. The lowest BCUT2D eigenvalue weighted by Gasteiger charge is -2.19. The van der Waals surface area contributed by atoms with Crippen LogP contribution in [0.5, 0.6) is 0 Å². The van der Waals surface area contributed by atoms with Crippen molar-refractivity contribution in [3.8, 4) is 0 Å². The molecule has 0 saturated heterocycles. The molecule has 2 nitrogen and oxygen atoms in total. The normalized spacial score (nSPS) is 15.1. The SMILES string of the molecule is CC[C@H](C)C[C@@H](CC)NCc1ccco1. The highest BCUT2D eigenvalue weighted by Gasteiger charge is 2.10.